The van der Waals surface area contributed by atoms with E-state index < -0.39 is 10.0 Å². The molecule has 0 saturated carbocycles. The van der Waals surface area contributed by atoms with Crippen molar-refractivity contribution in [2.45, 2.75) is 30.7 Å². The Morgan fingerprint density at radius 3 is 2.62 bits per heavy atom. The van der Waals surface area contributed by atoms with Gasteiger partial charge in [-0.1, -0.05) is 35.9 Å². The molecule has 2 aromatic rings. The van der Waals surface area contributed by atoms with Crippen molar-refractivity contribution in [1.29, 1.82) is 0 Å². The van der Waals surface area contributed by atoms with Crippen LogP contribution < -0.4 is 4.74 Å². The monoisotopic (exact) mass is 365 g/mol. The molecule has 1 aliphatic rings. The molecule has 0 bridgehead atoms. The fourth-order valence-electron chi connectivity index (χ4n) is 3.24. The molecule has 0 spiro atoms. The maximum absolute atomic E-state index is 13.1. The van der Waals surface area contributed by atoms with Crippen LogP contribution in [0.1, 0.15) is 30.0 Å². The first-order chi connectivity index (χ1) is 11.4. The van der Waals surface area contributed by atoms with Crippen molar-refractivity contribution < 1.29 is 13.2 Å². The lowest BCUT2D eigenvalue weighted by molar-refractivity contribution is 0.395. The second kappa shape index (κ2) is 6.75. The van der Waals surface area contributed by atoms with Gasteiger partial charge in [-0.2, -0.15) is 4.31 Å². The second-order valence-electron chi connectivity index (χ2n) is 5.93. The largest absolute Gasteiger partial charge is 0.495 e. The Morgan fingerprint density at radius 1 is 1.21 bits per heavy atom. The lowest BCUT2D eigenvalue weighted by Crippen LogP contribution is -2.31. The summed E-state index contributed by atoms with van der Waals surface area (Å²) in [7, 11) is -2.10. The van der Waals surface area contributed by atoms with Crippen LogP contribution >= 0.6 is 11.6 Å². The summed E-state index contributed by atoms with van der Waals surface area (Å²) in [4.78, 5) is 0.203. The molecule has 0 amide bonds. The third-order valence-corrected chi connectivity index (χ3v) is 6.68. The highest BCUT2D eigenvalue weighted by molar-refractivity contribution is 7.89. The summed E-state index contributed by atoms with van der Waals surface area (Å²) in [6.45, 7) is 2.54. The van der Waals surface area contributed by atoms with E-state index in [0.717, 1.165) is 24.0 Å². The van der Waals surface area contributed by atoms with Crippen LogP contribution in [0.4, 0.5) is 0 Å². The third-order valence-electron chi connectivity index (χ3n) is 4.48. The predicted octanol–water partition coefficient (Wildman–Crippen LogP) is 4.18. The van der Waals surface area contributed by atoms with Gasteiger partial charge in [-0.25, -0.2) is 8.42 Å². The Balaban J connectivity index is 2.00. The van der Waals surface area contributed by atoms with Crippen LogP contribution in [0.15, 0.2) is 47.4 Å². The van der Waals surface area contributed by atoms with Crippen LogP contribution in [0.25, 0.3) is 0 Å². The average Bonchev–Trinajstić information content (AvgIpc) is 3.05. The molecule has 1 unspecified atom stereocenters. The summed E-state index contributed by atoms with van der Waals surface area (Å²) in [5, 5.41) is 0.296. The Labute approximate surface area is 148 Å². The summed E-state index contributed by atoms with van der Waals surface area (Å²) in [5.41, 5.74) is 2.18. The number of hydrogen-bond acceptors (Lipinski definition) is 3. The van der Waals surface area contributed by atoms with E-state index in [9.17, 15) is 8.42 Å². The zero-order valence-corrected chi connectivity index (χ0v) is 15.3. The number of halogens is 1. The summed E-state index contributed by atoms with van der Waals surface area (Å²) < 4.78 is 32.9. The van der Waals surface area contributed by atoms with Gasteiger partial charge in [0.15, 0.2) is 0 Å². The number of nitrogens with zero attached hydrogens (tertiary/aromatic N) is 1. The molecule has 4 nitrogen and oxygen atoms in total. The van der Waals surface area contributed by atoms with Gasteiger partial charge in [0, 0.05) is 6.54 Å². The molecule has 1 atom stereocenters. The predicted molar refractivity (Wildman–Crippen MR) is 95.0 cm³/mol. The van der Waals surface area contributed by atoms with Crippen LogP contribution in [-0.2, 0) is 10.0 Å². The second-order valence-corrected chi connectivity index (χ2v) is 8.22. The molecule has 6 heteroatoms. The Kier molecular flexibility index (Phi) is 4.85. The Hall–Kier alpha value is -1.56. The van der Waals surface area contributed by atoms with E-state index in [1.54, 1.807) is 16.4 Å². The normalized spacial score (nSPS) is 18.7. The third kappa shape index (κ3) is 3.04. The molecule has 2 aromatic carbocycles. The van der Waals surface area contributed by atoms with E-state index in [1.807, 2.05) is 31.2 Å². The van der Waals surface area contributed by atoms with E-state index in [4.69, 9.17) is 16.3 Å². The van der Waals surface area contributed by atoms with Crippen LogP contribution in [0.2, 0.25) is 5.02 Å². The van der Waals surface area contributed by atoms with Gasteiger partial charge in [0.2, 0.25) is 10.0 Å². The number of aryl methyl sites for hydroxylation is 1. The zero-order chi connectivity index (χ0) is 17.3. The van der Waals surface area contributed by atoms with Crippen molar-refractivity contribution in [1.82, 2.24) is 4.31 Å². The van der Waals surface area contributed by atoms with Gasteiger partial charge < -0.3 is 4.74 Å². The molecular weight excluding hydrogens is 346 g/mol. The van der Waals surface area contributed by atoms with E-state index in [0.29, 0.717) is 17.3 Å². The Morgan fingerprint density at radius 2 is 1.96 bits per heavy atom. The van der Waals surface area contributed by atoms with E-state index in [-0.39, 0.29) is 10.9 Å². The lowest BCUT2D eigenvalue weighted by Gasteiger charge is -2.25. The van der Waals surface area contributed by atoms with Crippen molar-refractivity contribution in [3.05, 3.63) is 58.6 Å². The molecule has 0 N–H and O–H groups in total. The number of sulfonamides is 1. The standard InChI is InChI=1S/C18H20ClNO3S/c1-13-6-3-4-7-15(13)17-8-5-11-20(17)24(21,22)14-9-10-18(23-2)16(19)12-14/h3-4,6-7,9-10,12,17H,5,8,11H2,1-2H3. The molecule has 24 heavy (non-hydrogen) atoms. The minimum absolute atomic E-state index is 0.128. The van der Waals surface area contributed by atoms with Crippen LogP contribution in [0, 0.1) is 6.92 Å². The SMILES string of the molecule is COc1ccc(S(=O)(=O)N2CCCC2c2ccccc2C)cc1Cl. The van der Waals surface area contributed by atoms with Gasteiger partial charge in [0.1, 0.15) is 5.75 Å². The molecule has 128 valence electrons. The number of methoxy groups -OCH3 is 1. The van der Waals surface area contributed by atoms with E-state index in [2.05, 4.69) is 0 Å². The van der Waals surface area contributed by atoms with Crippen molar-refractivity contribution in [2.75, 3.05) is 13.7 Å². The first kappa shape index (κ1) is 17.3. The molecule has 1 heterocycles. The topological polar surface area (TPSA) is 46.6 Å². The fourth-order valence-corrected chi connectivity index (χ4v) is 5.27. The highest BCUT2D eigenvalue weighted by atomic mass is 35.5. The number of ether oxygens (including phenoxy) is 1. The summed E-state index contributed by atoms with van der Waals surface area (Å²) in [5.74, 6) is 0.465. The molecular formula is C18H20ClNO3S. The van der Waals surface area contributed by atoms with Crippen molar-refractivity contribution >= 4 is 21.6 Å². The quantitative estimate of drug-likeness (QED) is 0.816. The van der Waals surface area contributed by atoms with Crippen LogP contribution in [0.3, 0.4) is 0 Å². The molecule has 0 radical (unpaired) electrons. The molecule has 0 aliphatic carbocycles. The molecule has 3 rings (SSSR count). The Bertz CT molecular complexity index is 851. The maximum atomic E-state index is 13.1. The van der Waals surface area contributed by atoms with E-state index in [1.165, 1.54) is 13.2 Å². The van der Waals surface area contributed by atoms with Gasteiger partial charge in [-0.15, -0.1) is 0 Å². The van der Waals surface area contributed by atoms with Crippen molar-refractivity contribution in [2.24, 2.45) is 0 Å². The number of hydrogen-bond donors (Lipinski definition) is 0. The van der Waals surface area contributed by atoms with Gasteiger partial charge in [0.05, 0.1) is 23.1 Å². The fraction of sp³-hybridized carbons (Fsp3) is 0.333. The molecule has 0 aromatic heterocycles. The number of benzene rings is 2. The minimum Gasteiger partial charge on any atom is -0.495 e. The van der Waals surface area contributed by atoms with Crippen LogP contribution in [0.5, 0.6) is 5.75 Å². The maximum Gasteiger partial charge on any atom is 0.243 e. The summed E-state index contributed by atoms with van der Waals surface area (Å²) in [6.07, 6.45) is 1.68. The molecule has 1 saturated heterocycles. The first-order valence-corrected chi connectivity index (χ1v) is 9.68. The van der Waals surface area contributed by atoms with Gasteiger partial charge in [-0.05, 0) is 49.1 Å². The van der Waals surface area contributed by atoms with Crippen molar-refractivity contribution in [3.8, 4) is 5.75 Å². The molecule has 1 aliphatic heterocycles. The van der Waals surface area contributed by atoms with E-state index >= 15 is 0 Å². The number of rotatable bonds is 4. The van der Waals surface area contributed by atoms with Gasteiger partial charge in [0.25, 0.3) is 0 Å². The van der Waals surface area contributed by atoms with Gasteiger partial charge in [-0.3, -0.25) is 0 Å². The highest BCUT2D eigenvalue weighted by Gasteiger charge is 2.36. The zero-order valence-electron chi connectivity index (χ0n) is 13.7. The summed E-state index contributed by atoms with van der Waals surface area (Å²) >= 11 is 6.11. The highest BCUT2D eigenvalue weighted by Crippen LogP contribution is 2.38. The van der Waals surface area contributed by atoms with Crippen molar-refractivity contribution in [3.63, 3.8) is 0 Å². The minimum atomic E-state index is -3.61. The first-order valence-electron chi connectivity index (χ1n) is 7.86. The lowest BCUT2D eigenvalue weighted by atomic mass is 10.0. The average molecular weight is 366 g/mol. The summed E-state index contributed by atoms with van der Waals surface area (Å²) in [6, 6.07) is 12.4. The van der Waals surface area contributed by atoms with Gasteiger partial charge >= 0.3 is 0 Å². The van der Waals surface area contributed by atoms with Crippen LogP contribution in [-0.4, -0.2) is 26.4 Å². The smallest absolute Gasteiger partial charge is 0.243 e. The molecule has 1 fully saturated rings.